The largest absolute Gasteiger partial charge is 0.475 e. The Morgan fingerprint density at radius 3 is 1.23 bits per heavy atom. The maximum atomic E-state index is 8.99. The SMILES string of the molecule is CCCCCCCCCCCCC[C@@H](CCCCCCC)CCOC[C@@H](N)CO.CCCCCCCCCCCCC[C@@H](CCCCCCC)CCOC[C@@H]1COC(c2ccccc2)=N1. The molecular formula is C59H112N2O4. The molecule has 65 heavy (non-hydrogen) atoms. The van der Waals surface area contributed by atoms with Crippen LogP contribution in [-0.2, 0) is 14.2 Å². The summed E-state index contributed by atoms with van der Waals surface area (Å²) in [6.07, 6.45) is 52.9. The Labute approximate surface area is 405 Å². The van der Waals surface area contributed by atoms with Gasteiger partial charge < -0.3 is 25.1 Å². The molecule has 6 heteroatoms. The average molecular weight is 914 g/mol. The Balaban J connectivity index is 0.000000667. The molecule has 1 aromatic rings. The van der Waals surface area contributed by atoms with Gasteiger partial charge in [0.2, 0.25) is 5.90 Å². The van der Waals surface area contributed by atoms with Crippen LogP contribution in [0.25, 0.3) is 0 Å². The molecule has 4 atom stereocenters. The van der Waals surface area contributed by atoms with Crippen LogP contribution >= 0.6 is 0 Å². The van der Waals surface area contributed by atoms with E-state index in [1.54, 1.807) is 0 Å². The van der Waals surface area contributed by atoms with E-state index in [1.165, 1.54) is 238 Å². The monoisotopic (exact) mass is 913 g/mol. The minimum Gasteiger partial charge on any atom is -0.475 e. The summed E-state index contributed by atoms with van der Waals surface area (Å²) in [6, 6.07) is 10.1. The number of rotatable bonds is 48. The summed E-state index contributed by atoms with van der Waals surface area (Å²) in [5.74, 6) is 2.40. The van der Waals surface area contributed by atoms with Gasteiger partial charge in [-0.15, -0.1) is 0 Å². The molecule has 0 bridgehead atoms. The zero-order valence-corrected chi connectivity index (χ0v) is 44.0. The van der Waals surface area contributed by atoms with E-state index >= 15 is 0 Å². The molecule has 0 aliphatic carbocycles. The Morgan fingerprint density at radius 2 is 0.862 bits per heavy atom. The van der Waals surface area contributed by atoms with Crippen LogP contribution in [0.5, 0.6) is 0 Å². The second-order valence-electron chi connectivity index (χ2n) is 20.2. The Hall–Kier alpha value is -1.47. The molecule has 0 amide bonds. The molecule has 0 unspecified atom stereocenters. The fraction of sp³-hybridized carbons (Fsp3) is 0.881. The molecule has 1 aromatic carbocycles. The number of aliphatic hydroxyl groups is 1. The second-order valence-corrected chi connectivity index (χ2v) is 20.2. The first-order valence-corrected chi connectivity index (χ1v) is 28.9. The summed E-state index contributed by atoms with van der Waals surface area (Å²) < 4.78 is 17.6. The quantitative estimate of drug-likeness (QED) is 0.0636. The number of aliphatic hydroxyl groups excluding tert-OH is 1. The van der Waals surface area contributed by atoms with Crippen LogP contribution in [0.3, 0.4) is 0 Å². The van der Waals surface area contributed by atoms with Crippen LogP contribution in [0, 0.1) is 11.8 Å². The van der Waals surface area contributed by atoms with Crippen LogP contribution in [0.15, 0.2) is 35.3 Å². The first kappa shape index (κ1) is 61.5. The fourth-order valence-corrected chi connectivity index (χ4v) is 9.38. The number of hydrogen-bond donors (Lipinski definition) is 2. The third-order valence-electron chi connectivity index (χ3n) is 13.8. The standard InChI is InChI=1S/C33H57NO2.C26H55NO2/c1-3-5-7-9-10-11-12-13-14-16-19-23-30(22-18-15-8-6-4-2)26-27-35-28-32-29-36-33(34-32)31-24-20-17-21-25-31;1-3-5-7-9-10-11-12-13-14-16-18-20-25(19-17-15-8-6-4-2)21-22-29-24-26(27)23-28/h17,20-21,24-25,30,32H,3-16,18-19,22-23,26-29H2,1-2H3;25-26,28H,3-24,27H2,1-2H3/t30-,32-;25-,26+/m11/s1. The summed E-state index contributed by atoms with van der Waals surface area (Å²) in [6.45, 7) is 12.6. The van der Waals surface area contributed by atoms with Crippen LogP contribution < -0.4 is 5.73 Å². The lowest BCUT2D eigenvalue weighted by Crippen LogP contribution is -2.30. The van der Waals surface area contributed by atoms with Crippen molar-refractivity contribution in [1.29, 1.82) is 0 Å². The van der Waals surface area contributed by atoms with Gasteiger partial charge in [0.05, 0.1) is 25.9 Å². The Bertz CT molecular complexity index is 1100. The maximum absolute atomic E-state index is 8.99. The number of ether oxygens (including phenoxy) is 3. The first-order chi connectivity index (χ1) is 32.1. The van der Waals surface area contributed by atoms with Crippen molar-refractivity contribution >= 4 is 5.90 Å². The van der Waals surface area contributed by atoms with Gasteiger partial charge >= 0.3 is 0 Å². The minimum atomic E-state index is -0.228. The number of nitrogens with zero attached hydrogens (tertiary/aromatic N) is 1. The van der Waals surface area contributed by atoms with Gasteiger partial charge in [0.1, 0.15) is 12.6 Å². The second kappa shape index (κ2) is 49.0. The van der Waals surface area contributed by atoms with E-state index in [0.29, 0.717) is 19.8 Å². The molecule has 382 valence electrons. The fourth-order valence-electron chi connectivity index (χ4n) is 9.38. The van der Waals surface area contributed by atoms with E-state index in [0.717, 1.165) is 42.9 Å². The third kappa shape index (κ3) is 40.2. The van der Waals surface area contributed by atoms with Crippen molar-refractivity contribution in [3.05, 3.63) is 35.9 Å². The highest BCUT2D eigenvalue weighted by molar-refractivity contribution is 5.95. The van der Waals surface area contributed by atoms with E-state index in [4.69, 9.17) is 30.0 Å². The highest BCUT2D eigenvalue weighted by Crippen LogP contribution is 2.24. The normalized spacial score (nSPS) is 15.0. The molecule has 1 aliphatic heterocycles. The molecule has 0 aromatic heterocycles. The first-order valence-electron chi connectivity index (χ1n) is 28.9. The molecule has 2 rings (SSSR count). The summed E-state index contributed by atoms with van der Waals surface area (Å²) in [7, 11) is 0. The summed E-state index contributed by atoms with van der Waals surface area (Å²) >= 11 is 0. The van der Waals surface area contributed by atoms with Gasteiger partial charge in [-0.2, -0.15) is 0 Å². The molecule has 0 radical (unpaired) electrons. The molecule has 0 spiro atoms. The van der Waals surface area contributed by atoms with Crippen molar-refractivity contribution < 1.29 is 19.3 Å². The van der Waals surface area contributed by atoms with Crippen molar-refractivity contribution in [2.45, 2.75) is 284 Å². The van der Waals surface area contributed by atoms with Crippen LogP contribution in [0.2, 0.25) is 0 Å². The zero-order chi connectivity index (χ0) is 46.9. The van der Waals surface area contributed by atoms with Crippen LogP contribution in [-0.4, -0.2) is 62.7 Å². The lowest BCUT2D eigenvalue weighted by Gasteiger charge is -2.18. The Kier molecular flexibility index (Phi) is 46.4. The van der Waals surface area contributed by atoms with E-state index < -0.39 is 0 Å². The molecule has 0 saturated carbocycles. The summed E-state index contributed by atoms with van der Waals surface area (Å²) in [5, 5.41) is 8.99. The number of benzene rings is 1. The van der Waals surface area contributed by atoms with E-state index in [-0.39, 0.29) is 18.7 Å². The zero-order valence-electron chi connectivity index (χ0n) is 44.0. The number of unbranched alkanes of at least 4 members (excludes halogenated alkanes) is 28. The highest BCUT2D eigenvalue weighted by Gasteiger charge is 2.20. The van der Waals surface area contributed by atoms with Gasteiger partial charge in [0.25, 0.3) is 0 Å². The molecule has 6 nitrogen and oxygen atoms in total. The van der Waals surface area contributed by atoms with Gasteiger partial charge in [0, 0.05) is 18.8 Å². The van der Waals surface area contributed by atoms with Gasteiger partial charge in [-0.3, -0.25) is 0 Å². The molecule has 0 fully saturated rings. The lowest BCUT2D eigenvalue weighted by atomic mass is 9.91. The van der Waals surface area contributed by atoms with E-state index in [1.807, 2.05) is 18.2 Å². The molecular weight excluding hydrogens is 801 g/mol. The molecule has 1 heterocycles. The van der Waals surface area contributed by atoms with Crippen molar-refractivity contribution in [3.8, 4) is 0 Å². The molecule has 0 saturated heterocycles. The lowest BCUT2D eigenvalue weighted by molar-refractivity contribution is 0.0887. The Morgan fingerprint density at radius 1 is 0.508 bits per heavy atom. The van der Waals surface area contributed by atoms with Crippen LogP contribution in [0.1, 0.15) is 277 Å². The van der Waals surface area contributed by atoms with E-state index in [2.05, 4.69) is 39.8 Å². The topological polar surface area (TPSA) is 86.3 Å². The minimum absolute atomic E-state index is 0.0135. The van der Waals surface area contributed by atoms with Gasteiger partial charge in [0.15, 0.2) is 0 Å². The maximum Gasteiger partial charge on any atom is 0.216 e. The van der Waals surface area contributed by atoms with Crippen LogP contribution in [0.4, 0.5) is 0 Å². The van der Waals surface area contributed by atoms with Crippen molar-refractivity contribution in [2.75, 3.05) is 39.6 Å². The van der Waals surface area contributed by atoms with Crippen molar-refractivity contribution in [3.63, 3.8) is 0 Å². The molecule has 1 aliphatic rings. The van der Waals surface area contributed by atoms with Gasteiger partial charge in [-0.05, 0) is 36.8 Å². The van der Waals surface area contributed by atoms with Crippen molar-refractivity contribution in [2.24, 2.45) is 22.6 Å². The summed E-state index contributed by atoms with van der Waals surface area (Å²) in [5.41, 5.74) is 6.78. The number of hydrogen-bond acceptors (Lipinski definition) is 6. The third-order valence-corrected chi connectivity index (χ3v) is 13.8. The predicted octanol–water partition coefficient (Wildman–Crippen LogP) is 17.3. The average Bonchev–Trinajstić information content (AvgIpc) is 3.81. The number of nitrogens with two attached hydrogens (primary N) is 1. The number of aliphatic imine (C=N–C) groups is 1. The van der Waals surface area contributed by atoms with Crippen molar-refractivity contribution in [1.82, 2.24) is 0 Å². The van der Waals surface area contributed by atoms with E-state index in [9.17, 15) is 0 Å². The predicted molar refractivity (Wildman–Crippen MR) is 285 cm³/mol. The highest BCUT2D eigenvalue weighted by atomic mass is 16.5. The smallest absolute Gasteiger partial charge is 0.216 e. The summed E-state index contributed by atoms with van der Waals surface area (Å²) in [4.78, 5) is 4.73. The molecule has 3 N–H and O–H groups in total. The van der Waals surface area contributed by atoms with Gasteiger partial charge in [-0.25, -0.2) is 4.99 Å². The van der Waals surface area contributed by atoms with Gasteiger partial charge in [-0.1, -0.05) is 277 Å².